The molecule has 0 radical (unpaired) electrons. The number of likely N-dealkylation sites (tertiary alicyclic amines) is 1. The van der Waals surface area contributed by atoms with E-state index in [-0.39, 0.29) is 11.9 Å². The van der Waals surface area contributed by atoms with Crippen LogP contribution in [0.5, 0.6) is 0 Å². The molecule has 0 bridgehead atoms. The highest BCUT2D eigenvalue weighted by atomic mass is 16.2. The second-order valence-corrected chi connectivity index (χ2v) is 6.81. The fourth-order valence-electron chi connectivity index (χ4n) is 3.52. The molecule has 1 fully saturated rings. The Hall–Kier alpha value is -2.96. The summed E-state index contributed by atoms with van der Waals surface area (Å²) in [4.78, 5) is 19.2. The zero-order valence-corrected chi connectivity index (χ0v) is 15.0. The number of amides is 1. The first-order chi connectivity index (χ1) is 12.6. The molecular formula is C19H22N6O. The molecule has 1 atom stereocenters. The molecule has 0 N–H and O–H groups in total. The molecule has 0 spiro atoms. The summed E-state index contributed by atoms with van der Waals surface area (Å²) in [6.45, 7) is 5.53. The van der Waals surface area contributed by atoms with Gasteiger partial charge >= 0.3 is 0 Å². The predicted octanol–water partition coefficient (Wildman–Crippen LogP) is 2.39. The van der Waals surface area contributed by atoms with Crippen LogP contribution in [0.25, 0.3) is 5.69 Å². The molecule has 1 aliphatic rings. The van der Waals surface area contributed by atoms with Crippen molar-refractivity contribution < 1.29 is 4.79 Å². The van der Waals surface area contributed by atoms with Crippen molar-refractivity contribution in [2.45, 2.75) is 39.3 Å². The normalized spacial score (nSPS) is 17.0. The van der Waals surface area contributed by atoms with E-state index in [0.29, 0.717) is 5.69 Å². The van der Waals surface area contributed by atoms with Gasteiger partial charge in [-0.1, -0.05) is 17.3 Å². The van der Waals surface area contributed by atoms with Crippen molar-refractivity contribution in [3.8, 4) is 5.69 Å². The highest BCUT2D eigenvalue weighted by molar-refractivity contribution is 5.92. The zero-order valence-electron chi connectivity index (χ0n) is 15.0. The maximum atomic E-state index is 13.0. The summed E-state index contributed by atoms with van der Waals surface area (Å²) < 4.78 is 3.76. The number of rotatable bonds is 4. The van der Waals surface area contributed by atoms with Crippen LogP contribution in [0.15, 0.2) is 42.9 Å². The standard InChI is InChI=1S/C19H22N6O/c1-14-5-3-6-16(11-14)25-13-18(21-22-25)19(26)24-9-4-7-17(24)12-23-10-8-20-15(23)2/h3,5-6,8,10-11,13,17H,4,7,9,12H2,1-2H3. The summed E-state index contributed by atoms with van der Waals surface area (Å²) in [7, 11) is 0. The molecular weight excluding hydrogens is 328 g/mol. The third-order valence-electron chi connectivity index (χ3n) is 4.95. The number of benzene rings is 1. The van der Waals surface area contributed by atoms with Gasteiger partial charge in [-0.25, -0.2) is 9.67 Å². The van der Waals surface area contributed by atoms with Crippen molar-refractivity contribution in [2.24, 2.45) is 0 Å². The Morgan fingerprint density at radius 2 is 2.19 bits per heavy atom. The zero-order chi connectivity index (χ0) is 18.1. The smallest absolute Gasteiger partial charge is 0.276 e. The molecule has 1 aromatic carbocycles. The minimum atomic E-state index is -0.0517. The number of imidazole rings is 1. The number of aryl methyl sites for hydroxylation is 2. The van der Waals surface area contributed by atoms with Gasteiger partial charge in [0.25, 0.3) is 5.91 Å². The highest BCUT2D eigenvalue weighted by Crippen LogP contribution is 2.22. The summed E-state index contributed by atoms with van der Waals surface area (Å²) in [5, 5.41) is 8.26. The quantitative estimate of drug-likeness (QED) is 0.724. The van der Waals surface area contributed by atoms with E-state index in [4.69, 9.17) is 0 Å². The van der Waals surface area contributed by atoms with Crippen LogP contribution in [0.2, 0.25) is 0 Å². The van der Waals surface area contributed by atoms with E-state index in [1.807, 2.05) is 49.2 Å². The van der Waals surface area contributed by atoms with Crippen LogP contribution in [0.4, 0.5) is 0 Å². The van der Waals surface area contributed by atoms with E-state index >= 15 is 0 Å². The minimum absolute atomic E-state index is 0.0517. The molecule has 1 amide bonds. The fraction of sp³-hybridized carbons (Fsp3) is 0.368. The Balaban J connectivity index is 1.53. The molecule has 4 rings (SSSR count). The molecule has 0 aliphatic carbocycles. The highest BCUT2D eigenvalue weighted by Gasteiger charge is 2.31. The summed E-state index contributed by atoms with van der Waals surface area (Å²) in [6.07, 6.45) is 7.48. The second kappa shape index (κ2) is 6.74. The van der Waals surface area contributed by atoms with Gasteiger partial charge in [0, 0.05) is 25.5 Å². The maximum Gasteiger partial charge on any atom is 0.276 e. The third kappa shape index (κ3) is 3.12. The van der Waals surface area contributed by atoms with E-state index < -0.39 is 0 Å². The Morgan fingerprint density at radius 3 is 2.96 bits per heavy atom. The molecule has 26 heavy (non-hydrogen) atoms. The van der Waals surface area contributed by atoms with Crippen molar-refractivity contribution in [1.82, 2.24) is 29.4 Å². The molecule has 3 aromatic rings. The molecule has 3 heterocycles. The first-order valence-electron chi connectivity index (χ1n) is 8.90. The van der Waals surface area contributed by atoms with Crippen molar-refractivity contribution in [3.63, 3.8) is 0 Å². The molecule has 7 nitrogen and oxygen atoms in total. The van der Waals surface area contributed by atoms with Crippen LogP contribution >= 0.6 is 0 Å². The van der Waals surface area contributed by atoms with E-state index in [1.165, 1.54) is 0 Å². The summed E-state index contributed by atoms with van der Waals surface area (Å²) in [5.41, 5.74) is 2.44. The average molecular weight is 350 g/mol. The number of carbonyl (C=O) groups excluding carboxylic acids is 1. The average Bonchev–Trinajstić information content (AvgIpc) is 3.37. The van der Waals surface area contributed by atoms with Gasteiger partial charge in [-0.05, 0) is 44.4 Å². The second-order valence-electron chi connectivity index (χ2n) is 6.81. The fourth-order valence-corrected chi connectivity index (χ4v) is 3.52. The molecule has 1 unspecified atom stereocenters. The lowest BCUT2D eigenvalue weighted by molar-refractivity contribution is 0.0717. The van der Waals surface area contributed by atoms with Gasteiger partial charge in [0.05, 0.1) is 17.9 Å². The van der Waals surface area contributed by atoms with E-state index in [2.05, 4.69) is 19.9 Å². The minimum Gasteiger partial charge on any atom is -0.333 e. The molecule has 0 saturated carbocycles. The Kier molecular flexibility index (Phi) is 4.28. The predicted molar refractivity (Wildman–Crippen MR) is 97.1 cm³/mol. The molecule has 7 heteroatoms. The Morgan fingerprint density at radius 1 is 1.31 bits per heavy atom. The number of hydrogen-bond acceptors (Lipinski definition) is 4. The summed E-state index contributed by atoms with van der Waals surface area (Å²) in [5.74, 6) is 0.916. The van der Waals surface area contributed by atoms with Crippen LogP contribution in [0.3, 0.4) is 0 Å². The number of carbonyl (C=O) groups is 1. The largest absolute Gasteiger partial charge is 0.333 e. The lowest BCUT2D eigenvalue weighted by Gasteiger charge is -2.24. The van der Waals surface area contributed by atoms with Crippen molar-refractivity contribution in [1.29, 1.82) is 0 Å². The van der Waals surface area contributed by atoms with Crippen LogP contribution in [-0.2, 0) is 6.54 Å². The van der Waals surface area contributed by atoms with Crippen molar-refractivity contribution in [2.75, 3.05) is 6.54 Å². The van der Waals surface area contributed by atoms with Crippen molar-refractivity contribution >= 4 is 5.91 Å². The van der Waals surface area contributed by atoms with Crippen LogP contribution in [0, 0.1) is 13.8 Å². The van der Waals surface area contributed by atoms with Gasteiger partial charge in [0.1, 0.15) is 5.82 Å². The first-order valence-corrected chi connectivity index (χ1v) is 8.90. The number of aromatic nitrogens is 5. The SMILES string of the molecule is Cc1cccc(-n2cc(C(=O)N3CCCC3Cn3ccnc3C)nn2)c1. The lowest BCUT2D eigenvalue weighted by Crippen LogP contribution is -2.38. The topological polar surface area (TPSA) is 68.8 Å². The Labute approximate surface area is 152 Å². The van der Waals surface area contributed by atoms with Gasteiger partial charge in [-0.15, -0.1) is 5.10 Å². The first kappa shape index (κ1) is 16.5. The Bertz CT molecular complexity index is 928. The van der Waals surface area contributed by atoms with Gasteiger partial charge in [-0.3, -0.25) is 4.79 Å². The molecule has 1 saturated heterocycles. The van der Waals surface area contributed by atoms with E-state index in [9.17, 15) is 4.79 Å². The van der Waals surface area contributed by atoms with Crippen LogP contribution < -0.4 is 0 Å². The molecule has 2 aromatic heterocycles. The van der Waals surface area contributed by atoms with Crippen molar-refractivity contribution in [3.05, 3.63) is 59.9 Å². The summed E-state index contributed by atoms with van der Waals surface area (Å²) >= 11 is 0. The number of hydrogen-bond donors (Lipinski definition) is 0. The molecule has 1 aliphatic heterocycles. The van der Waals surface area contributed by atoms with Gasteiger partial charge in [0.2, 0.25) is 0 Å². The maximum absolute atomic E-state index is 13.0. The van der Waals surface area contributed by atoms with Crippen LogP contribution in [0.1, 0.15) is 34.7 Å². The van der Waals surface area contributed by atoms with E-state index in [1.54, 1.807) is 17.1 Å². The van der Waals surface area contributed by atoms with Gasteiger partial charge in [-0.2, -0.15) is 0 Å². The van der Waals surface area contributed by atoms with E-state index in [0.717, 1.165) is 43.0 Å². The number of nitrogens with zero attached hydrogens (tertiary/aromatic N) is 6. The summed E-state index contributed by atoms with van der Waals surface area (Å²) in [6, 6.07) is 8.14. The molecule has 134 valence electrons. The van der Waals surface area contributed by atoms with Gasteiger partial charge < -0.3 is 9.47 Å². The van der Waals surface area contributed by atoms with Crippen LogP contribution in [-0.4, -0.2) is 47.9 Å². The lowest BCUT2D eigenvalue weighted by atomic mass is 10.2. The van der Waals surface area contributed by atoms with Gasteiger partial charge in [0.15, 0.2) is 5.69 Å². The monoisotopic (exact) mass is 350 g/mol. The third-order valence-corrected chi connectivity index (χ3v) is 4.95.